The minimum Gasteiger partial charge on any atom is -0.437 e. The minimum atomic E-state index is -0.938. The summed E-state index contributed by atoms with van der Waals surface area (Å²) in [5.41, 5.74) is 7.59. The Bertz CT molecular complexity index is 705. The molecule has 0 spiro atoms. The number of hydrogen-bond donors (Lipinski definition) is 2. The van der Waals surface area contributed by atoms with E-state index in [-0.39, 0.29) is 11.6 Å². The Morgan fingerprint density at radius 3 is 2.90 bits per heavy atom. The first-order valence-corrected chi connectivity index (χ1v) is 6.28. The second kappa shape index (κ2) is 5.15. The molecule has 0 aliphatic carbocycles. The van der Waals surface area contributed by atoms with Crippen LogP contribution < -0.4 is 15.9 Å². The number of hydrogen-bond acceptors (Lipinski definition) is 6. The van der Waals surface area contributed by atoms with Gasteiger partial charge in [0.15, 0.2) is 0 Å². The summed E-state index contributed by atoms with van der Waals surface area (Å²) in [5, 5.41) is 9.79. The van der Waals surface area contributed by atoms with Crippen LogP contribution in [-0.2, 0) is 11.3 Å². The van der Waals surface area contributed by atoms with Gasteiger partial charge in [-0.2, -0.15) is 0 Å². The van der Waals surface area contributed by atoms with Crippen molar-refractivity contribution >= 4 is 18.5 Å². The van der Waals surface area contributed by atoms with E-state index in [0.29, 0.717) is 17.8 Å². The van der Waals surface area contributed by atoms with Crippen molar-refractivity contribution in [1.82, 2.24) is 9.97 Å². The van der Waals surface area contributed by atoms with E-state index in [1.54, 1.807) is 6.07 Å². The average Bonchev–Trinajstić information content (AvgIpc) is 2.85. The fraction of sp³-hybridized carbons (Fsp3) is 0.154. The first-order chi connectivity index (χ1) is 10.1. The van der Waals surface area contributed by atoms with Gasteiger partial charge in [0.1, 0.15) is 11.4 Å². The molecular formula is C13H12BN3O4. The van der Waals surface area contributed by atoms with Crippen molar-refractivity contribution in [2.45, 2.75) is 13.5 Å². The molecule has 0 unspecified atom stereocenters. The maximum atomic E-state index is 10.9. The lowest BCUT2D eigenvalue weighted by Crippen LogP contribution is -2.30. The van der Waals surface area contributed by atoms with E-state index >= 15 is 0 Å². The number of primary amides is 1. The Balaban J connectivity index is 1.89. The predicted octanol–water partition coefficient (Wildman–Crippen LogP) is -0.106. The number of nitrogens with zero attached hydrogens (tertiary/aromatic N) is 2. The van der Waals surface area contributed by atoms with Crippen molar-refractivity contribution in [2.75, 3.05) is 0 Å². The number of carbonyl (C=O) groups excluding carboxylic acids is 1. The van der Waals surface area contributed by atoms with Crippen molar-refractivity contribution in [3.05, 3.63) is 41.3 Å². The van der Waals surface area contributed by atoms with Gasteiger partial charge in [0, 0.05) is 0 Å². The lowest BCUT2D eigenvalue weighted by molar-refractivity contribution is 0.0995. The third-order valence-electron chi connectivity index (χ3n) is 3.29. The highest BCUT2D eigenvalue weighted by molar-refractivity contribution is 6.62. The van der Waals surface area contributed by atoms with Crippen molar-refractivity contribution in [3.8, 4) is 11.6 Å². The van der Waals surface area contributed by atoms with Crippen LogP contribution in [0.25, 0.3) is 0 Å². The van der Waals surface area contributed by atoms with Gasteiger partial charge >= 0.3 is 7.12 Å². The van der Waals surface area contributed by atoms with E-state index in [2.05, 4.69) is 9.97 Å². The molecule has 0 atom stereocenters. The zero-order valence-corrected chi connectivity index (χ0v) is 11.2. The van der Waals surface area contributed by atoms with Crippen LogP contribution in [-0.4, -0.2) is 28.0 Å². The quantitative estimate of drug-likeness (QED) is 0.762. The van der Waals surface area contributed by atoms with Crippen LogP contribution in [0.4, 0.5) is 0 Å². The number of aromatic nitrogens is 2. The number of benzene rings is 1. The molecule has 3 rings (SSSR count). The first kappa shape index (κ1) is 13.5. The number of ether oxygens (including phenoxy) is 1. The number of rotatable bonds is 3. The molecule has 1 aliphatic rings. The van der Waals surface area contributed by atoms with Crippen LogP contribution in [0.5, 0.6) is 11.6 Å². The Morgan fingerprint density at radius 1 is 1.43 bits per heavy atom. The Kier molecular flexibility index (Phi) is 3.32. The normalized spacial score (nSPS) is 13.1. The predicted molar refractivity (Wildman–Crippen MR) is 74.2 cm³/mol. The van der Waals surface area contributed by atoms with Crippen molar-refractivity contribution in [1.29, 1.82) is 0 Å². The molecule has 106 valence electrons. The van der Waals surface area contributed by atoms with Crippen LogP contribution in [0, 0.1) is 6.92 Å². The molecule has 8 heteroatoms. The molecule has 2 aromatic rings. The van der Waals surface area contributed by atoms with Crippen molar-refractivity contribution in [3.63, 3.8) is 0 Å². The maximum Gasteiger partial charge on any atom is 0.492 e. The smallest absolute Gasteiger partial charge is 0.437 e. The molecule has 2 heterocycles. The second-order valence-electron chi connectivity index (χ2n) is 4.63. The molecule has 7 nitrogen and oxygen atoms in total. The van der Waals surface area contributed by atoms with E-state index in [4.69, 9.17) is 15.1 Å². The fourth-order valence-corrected chi connectivity index (χ4v) is 2.21. The molecule has 3 N–H and O–H groups in total. The van der Waals surface area contributed by atoms with Crippen LogP contribution >= 0.6 is 0 Å². The SMILES string of the molecule is Cc1c(Oc2cnc(C(N)=O)cn2)ccc2c1B(O)OC2. The zero-order chi connectivity index (χ0) is 15.0. The third kappa shape index (κ3) is 2.46. The van der Waals surface area contributed by atoms with Gasteiger partial charge in [-0.25, -0.2) is 9.97 Å². The van der Waals surface area contributed by atoms with Gasteiger partial charge in [0.05, 0.1) is 19.0 Å². The van der Waals surface area contributed by atoms with Gasteiger partial charge in [-0.15, -0.1) is 0 Å². The Morgan fingerprint density at radius 2 is 2.24 bits per heavy atom. The molecule has 0 saturated carbocycles. The monoisotopic (exact) mass is 285 g/mol. The highest BCUT2D eigenvalue weighted by Gasteiger charge is 2.30. The molecular weight excluding hydrogens is 273 g/mol. The summed E-state index contributed by atoms with van der Waals surface area (Å²) in [4.78, 5) is 18.8. The van der Waals surface area contributed by atoms with Gasteiger partial charge in [-0.05, 0) is 29.6 Å². The average molecular weight is 285 g/mol. The van der Waals surface area contributed by atoms with E-state index in [1.807, 2.05) is 13.0 Å². The molecule has 0 bridgehead atoms. The van der Waals surface area contributed by atoms with Gasteiger partial charge in [0.2, 0.25) is 5.88 Å². The zero-order valence-electron chi connectivity index (χ0n) is 11.2. The molecule has 1 aromatic carbocycles. The topological polar surface area (TPSA) is 108 Å². The number of amides is 1. The largest absolute Gasteiger partial charge is 0.492 e. The van der Waals surface area contributed by atoms with E-state index in [1.165, 1.54) is 12.4 Å². The molecule has 21 heavy (non-hydrogen) atoms. The molecule has 0 radical (unpaired) electrons. The minimum absolute atomic E-state index is 0.0665. The molecule has 0 fully saturated rings. The van der Waals surface area contributed by atoms with Crippen molar-refractivity contribution < 1.29 is 19.2 Å². The number of fused-ring (bicyclic) bond motifs is 1. The van der Waals surface area contributed by atoms with Crippen LogP contribution in [0.1, 0.15) is 21.6 Å². The third-order valence-corrected chi connectivity index (χ3v) is 3.29. The van der Waals surface area contributed by atoms with Gasteiger partial charge < -0.3 is 20.1 Å². The molecule has 1 aromatic heterocycles. The Labute approximate surface area is 120 Å². The van der Waals surface area contributed by atoms with Gasteiger partial charge in [0.25, 0.3) is 5.91 Å². The lowest BCUT2D eigenvalue weighted by Gasteiger charge is -2.11. The lowest BCUT2D eigenvalue weighted by atomic mass is 9.76. The van der Waals surface area contributed by atoms with Crippen LogP contribution in [0.3, 0.4) is 0 Å². The van der Waals surface area contributed by atoms with Crippen molar-refractivity contribution in [2.24, 2.45) is 5.73 Å². The number of carbonyl (C=O) groups is 1. The summed E-state index contributed by atoms with van der Waals surface area (Å²) >= 11 is 0. The molecule has 1 amide bonds. The second-order valence-corrected chi connectivity index (χ2v) is 4.63. The first-order valence-electron chi connectivity index (χ1n) is 6.28. The summed E-state index contributed by atoms with van der Waals surface area (Å²) in [6, 6.07) is 3.61. The summed E-state index contributed by atoms with van der Waals surface area (Å²) < 4.78 is 10.8. The van der Waals surface area contributed by atoms with E-state index < -0.39 is 13.0 Å². The standard InChI is InChI=1S/C13H12BN3O4/c1-7-10(3-2-8-6-20-14(19)12(7)8)21-11-5-16-9(4-17-11)13(15)18/h2-5,19H,6H2,1H3,(H2,15,18). The fourth-order valence-electron chi connectivity index (χ4n) is 2.21. The maximum absolute atomic E-state index is 10.9. The van der Waals surface area contributed by atoms with Gasteiger partial charge in [-0.1, -0.05) is 6.07 Å². The number of nitrogens with two attached hydrogens (primary N) is 1. The summed E-state index contributed by atoms with van der Waals surface area (Å²) in [5.74, 6) is 0.124. The van der Waals surface area contributed by atoms with E-state index in [0.717, 1.165) is 11.1 Å². The molecule has 0 saturated heterocycles. The van der Waals surface area contributed by atoms with Crippen LogP contribution in [0.15, 0.2) is 24.5 Å². The summed E-state index contributed by atoms with van der Waals surface area (Å²) in [7, 11) is -0.938. The van der Waals surface area contributed by atoms with Crippen LogP contribution in [0.2, 0.25) is 0 Å². The summed E-state index contributed by atoms with van der Waals surface area (Å²) in [6.45, 7) is 2.21. The van der Waals surface area contributed by atoms with E-state index in [9.17, 15) is 9.82 Å². The van der Waals surface area contributed by atoms with Gasteiger partial charge in [-0.3, -0.25) is 4.79 Å². The highest BCUT2D eigenvalue weighted by atomic mass is 16.5. The Hall–Kier alpha value is -2.45. The summed E-state index contributed by atoms with van der Waals surface area (Å²) in [6.07, 6.45) is 2.57. The molecule has 1 aliphatic heterocycles. The highest BCUT2D eigenvalue weighted by Crippen LogP contribution is 2.25.